The minimum absolute atomic E-state index is 0.0983. The fourth-order valence-corrected chi connectivity index (χ4v) is 3.98. The van der Waals surface area contributed by atoms with E-state index in [0.717, 1.165) is 15.4 Å². The van der Waals surface area contributed by atoms with E-state index in [4.69, 9.17) is 9.47 Å². The van der Waals surface area contributed by atoms with Crippen LogP contribution >= 0.6 is 0 Å². The molecule has 1 heterocycles. The zero-order valence-corrected chi connectivity index (χ0v) is 17.7. The number of sulfonamides is 1. The number of hydrazine groups is 1. The molecule has 0 bridgehead atoms. The average Bonchev–Trinajstić information content (AvgIpc) is 2.73. The molecule has 9 nitrogen and oxygen atoms in total. The van der Waals surface area contributed by atoms with Crippen LogP contribution in [0.2, 0.25) is 0 Å². The lowest BCUT2D eigenvalue weighted by Gasteiger charge is -2.19. The van der Waals surface area contributed by atoms with Gasteiger partial charge in [0.15, 0.2) is 11.5 Å². The van der Waals surface area contributed by atoms with Crippen molar-refractivity contribution in [3.8, 4) is 11.5 Å². The lowest BCUT2D eigenvalue weighted by Crippen LogP contribution is -2.46. The summed E-state index contributed by atoms with van der Waals surface area (Å²) in [5.41, 5.74) is 6.54. The van der Waals surface area contributed by atoms with E-state index < -0.39 is 28.4 Å². The van der Waals surface area contributed by atoms with Gasteiger partial charge >= 0.3 is 0 Å². The SMILES string of the molecule is Cc1ccc(S(=O)(=O)N(C)CC(=O)NNC(=O)c2ccc3c(c2)OCCO3)cc1C. The summed E-state index contributed by atoms with van der Waals surface area (Å²) in [6.45, 7) is 4.06. The molecule has 1 aliphatic heterocycles. The number of fused-ring (bicyclic) bond motifs is 1. The summed E-state index contributed by atoms with van der Waals surface area (Å²) < 4.78 is 37.1. The molecule has 1 aliphatic rings. The van der Waals surface area contributed by atoms with Crippen LogP contribution in [0.5, 0.6) is 11.5 Å². The van der Waals surface area contributed by atoms with Crippen molar-refractivity contribution in [2.45, 2.75) is 18.7 Å². The molecule has 2 aromatic carbocycles. The van der Waals surface area contributed by atoms with Crippen LogP contribution in [-0.4, -0.2) is 51.3 Å². The van der Waals surface area contributed by atoms with Crippen molar-refractivity contribution >= 4 is 21.8 Å². The van der Waals surface area contributed by atoms with Crippen LogP contribution in [0.4, 0.5) is 0 Å². The Morgan fingerprint density at radius 1 is 0.967 bits per heavy atom. The number of ether oxygens (including phenoxy) is 2. The van der Waals surface area contributed by atoms with Gasteiger partial charge in [-0.15, -0.1) is 0 Å². The molecule has 160 valence electrons. The first-order chi connectivity index (χ1) is 14.2. The second kappa shape index (κ2) is 8.72. The van der Waals surface area contributed by atoms with E-state index in [1.165, 1.54) is 25.2 Å². The molecule has 0 spiro atoms. The number of likely N-dealkylation sites (N-methyl/N-ethyl adjacent to an activating group) is 1. The van der Waals surface area contributed by atoms with Crippen LogP contribution in [0.25, 0.3) is 0 Å². The Morgan fingerprint density at radius 3 is 2.37 bits per heavy atom. The quantitative estimate of drug-likeness (QED) is 0.684. The molecule has 0 fully saturated rings. The summed E-state index contributed by atoms with van der Waals surface area (Å²) in [6.07, 6.45) is 0. The number of nitrogens with one attached hydrogen (secondary N) is 2. The predicted molar refractivity (Wildman–Crippen MR) is 109 cm³/mol. The van der Waals surface area contributed by atoms with Gasteiger partial charge in [-0.3, -0.25) is 20.4 Å². The molecule has 0 saturated carbocycles. The van der Waals surface area contributed by atoms with Gasteiger partial charge in [-0.2, -0.15) is 4.31 Å². The van der Waals surface area contributed by atoms with Gasteiger partial charge in [0.1, 0.15) is 13.2 Å². The minimum atomic E-state index is -3.84. The third kappa shape index (κ3) is 4.71. The smallest absolute Gasteiger partial charge is 0.269 e. The number of rotatable bonds is 5. The standard InChI is InChI=1S/C20H23N3O6S/c1-13-4-6-16(10-14(13)2)30(26,27)23(3)12-19(24)21-22-20(25)15-5-7-17-18(11-15)29-9-8-28-17/h4-7,10-11H,8-9,12H2,1-3H3,(H,21,24)(H,22,25). The van der Waals surface area contributed by atoms with Crippen molar-refractivity contribution in [2.75, 3.05) is 26.8 Å². The number of aryl methyl sites for hydroxylation is 2. The lowest BCUT2D eigenvalue weighted by molar-refractivity contribution is -0.121. The van der Waals surface area contributed by atoms with Crippen molar-refractivity contribution < 1.29 is 27.5 Å². The van der Waals surface area contributed by atoms with Crippen LogP contribution in [0.15, 0.2) is 41.3 Å². The molecule has 10 heteroatoms. The molecule has 2 amide bonds. The number of carbonyl (C=O) groups is 2. The second-order valence-electron chi connectivity index (χ2n) is 6.87. The van der Waals surface area contributed by atoms with E-state index in [1.54, 1.807) is 18.2 Å². The molecular weight excluding hydrogens is 410 g/mol. The first-order valence-corrected chi connectivity index (χ1v) is 10.6. The van der Waals surface area contributed by atoms with E-state index in [0.29, 0.717) is 24.7 Å². The van der Waals surface area contributed by atoms with Crippen molar-refractivity contribution in [3.63, 3.8) is 0 Å². The maximum Gasteiger partial charge on any atom is 0.269 e. The van der Waals surface area contributed by atoms with Gasteiger partial charge in [-0.05, 0) is 55.3 Å². The molecule has 3 rings (SSSR count). The summed E-state index contributed by atoms with van der Waals surface area (Å²) in [6, 6.07) is 9.41. The largest absolute Gasteiger partial charge is 0.486 e. The summed E-state index contributed by atoms with van der Waals surface area (Å²) in [5.74, 6) is -0.268. The first-order valence-electron chi connectivity index (χ1n) is 9.21. The summed E-state index contributed by atoms with van der Waals surface area (Å²) in [7, 11) is -2.55. The number of amides is 2. The van der Waals surface area contributed by atoms with Crippen LogP contribution in [0.3, 0.4) is 0 Å². The first kappa shape index (κ1) is 21.6. The Hall–Kier alpha value is -3.11. The fraction of sp³-hybridized carbons (Fsp3) is 0.300. The van der Waals surface area contributed by atoms with Crippen molar-refractivity contribution in [1.29, 1.82) is 0 Å². The number of benzene rings is 2. The summed E-state index contributed by atoms with van der Waals surface area (Å²) in [5, 5.41) is 0. The molecule has 0 aliphatic carbocycles. The van der Waals surface area contributed by atoms with E-state index in [1.807, 2.05) is 13.8 Å². The zero-order valence-electron chi connectivity index (χ0n) is 16.9. The summed E-state index contributed by atoms with van der Waals surface area (Å²) >= 11 is 0. The highest BCUT2D eigenvalue weighted by Crippen LogP contribution is 2.30. The Balaban J connectivity index is 1.58. The Labute approximate surface area is 175 Å². The third-order valence-electron chi connectivity index (χ3n) is 4.67. The van der Waals surface area contributed by atoms with Crippen molar-refractivity contribution in [2.24, 2.45) is 0 Å². The van der Waals surface area contributed by atoms with Crippen LogP contribution in [-0.2, 0) is 14.8 Å². The van der Waals surface area contributed by atoms with Crippen LogP contribution in [0, 0.1) is 13.8 Å². The molecule has 0 saturated heterocycles. The van der Waals surface area contributed by atoms with Gasteiger partial charge in [0.25, 0.3) is 11.8 Å². The zero-order chi connectivity index (χ0) is 21.9. The Bertz CT molecular complexity index is 1080. The molecule has 0 aromatic heterocycles. The average molecular weight is 433 g/mol. The number of carbonyl (C=O) groups excluding carboxylic acids is 2. The minimum Gasteiger partial charge on any atom is -0.486 e. The van der Waals surface area contributed by atoms with E-state index >= 15 is 0 Å². The van der Waals surface area contributed by atoms with Gasteiger partial charge in [0, 0.05) is 12.6 Å². The van der Waals surface area contributed by atoms with E-state index in [-0.39, 0.29) is 10.5 Å². The van der Waals surface area contributed by atoms with Crippen LogP contribution in [0.1, 0.15) is 21.5 Å². The number of hydrogen-bond donors (Lipinski definition) is 2. The molecule has 2 aromatic rings. The van der Waals surface area contributed by atoms with Crippen LogP contribution < -0.4 is 20.3 Å². The topological polar surface area (TPSA) is 114 Å². The lowest BCUT2D eigenvalue weighted by atomic mass is 10.1. The maximum absolute atomic E-state index is 12.7. The van der Waals surface area contributed by atoms with Gasteiger partial charge in [-0.1, -0.05) is 6.07 Å². The van der Waals surface area contributed by atoms with Gasteiger partial charge in [0.05, 0.1) is 11.4 Å². The Kier molecular flexibility index (Phi) is 6.28. The summed E-state index contributed by atoms with van der Waals surface area (Å²) in [4.78, 5) is 24.5. The predicted octanol–water partition coefficient (Wildman–Crippen LogP) is 1.16. The molecule has 2 N–H and O–H groups in total. The maximum atomic E-state index is 12.7. The third-order valence-corrected chi connectivity index (χ3v) is 6.47. The molecule has 0 atom stereocenters. The van der Waals surface area contributed by atoms with Crippen molar-refractivity contribution in [1.82, 2.24) is 15.2 Å². The highest BCUT2D eigenvalue weighted by Gasteiger charge is 2.23. The molecule has 0 radical (unpaired) electrons. The number of nitrogens with zero attached hydrogens (tertiary/aromatic N) is 1. The van der Waals surface area contributed by atoms with Gasteiger partial charge in [0.2, 0.25) is 10.0 Å². The fourth-order valence-electron chi connectivity index (χ4n) is 2.76. The van der Waals surface area contributed by atoms with Gasteiger partial charge in [-0.25, -0.2) is 8.42 Å². The molecule has 0 unspecified atom stereocenters. The normalized spacial score (nSPS) is 13.1. The molecular formula is C20H23N3O6S. The second-order valence-corrected chi connectivity index (χ2v) is 8.91. The van der Waals surface area contributed by atoms with Gasteiger partial charge < -0.3 is 9.47 Å². The highest BCUT2D eigenvalue weighted by molar-refractivity contribution is 7.89. The van der Waals surface area contributed by atoms with E-state index in [9.17, 15) is 18.0 Å². The monoisotopic (exact) mass is 433 g/mol. The molecule has 30 heavy (non-hydrogen) atoms. The highest BCUT2D eigenvalue weighted by atomic mass is 32.2. The van der Waals surface area contributed by atoms with Crippen molar-refractivity contribution in [3.05, 3.63) is 53.1 Å². The number of hydrogen-bond acceptors (Lipinski definition) is 6. The van der Waals surface area contributed by atoms with E-state index in [2.05, 4.69) is 10.9 Å². The Morgan fingerprint density at radius 2 is 1.67 bits per heavy atom.